The third kappa shape index (κ3) is 41.8. The van der Waals surface area contributed by atoms with Crippen LogP contribution in [0, 0.1) is 13.8 Å². The van der Waals surface area contributed by atoms with Crippen molar-refractivity contribution in [1.82, 2.24) is 0 Å². The summed E-state index contributed by atoms with van der Waals surface area (Å²) in [6, 6.07) is 17.8. The third-order valence-electron chi connectivity index (χ3n) is 16.8. The summed E-state index contributed by atoms with van der Waals surface area (Å²) in [7, 11) is 0. The summed E-state index contributed by atoms with van der Waals surface area (Å²) in [4.78, 5) is 0. The van der Waals surface area contributed by atoms with Crippen molar-refractivity contribution in [3.8, 4) is 0 Å². The minimum atomic E-state index is 0. The molecule has 2 aromatic carbocycles. The van der Waals surface area contributed by atoms with Crippen molar-refractivity contribution in [2.75, 3.05) is 0 Å². The first kappa shape index (κ1) is 77.2. The van der Waals surface area contributed by atoms with E-state index in [4.69, 9.17) is 0 Å². The van der Waals surface area contributed by atoms with Crippen LogP contribution >= 0.6 is 0 Å². The standard InChI is InChI=1S/C32H44N2.2C22H45.Pd/c1-5-9-12-13-15-26-19-21-27(22-20-26)31-29(8-4)30(16-11-7-3)32(34(31)33)28-23-17-25(18-24-28)14-10-6-2;2*1-3-5-7-9-11-13-15-17-19-21-22-20-18-16-14-12-10-8-6-4-2;/h17-24H,5-16H2,1-4H3;2*1,3-22H2,2H3;/q;2*-1;+2. The average Bonchev–Trinajstić information content (AvgIpc) is 3.89. The van der Waals surface area contributed by atoms with Crippen LogP contribution in [-0.4, -0.2) is 4.70 Å². The molecule has 458 valence electrons. The van der Waals surface area contributed by atoms with Gasteiger partial charge in [-0.3, -0.25) is 0 Å². The van der Waals surface area contributed by atoms with E-state index in [0.29, 0.717) is 0 Å². The van der Waals surface area contributed by atoms with Gasteiger partial charge in [0.1, 0.15) is 0 Å². The number of hydrogen-bond acceptors (Lipinski definition) is 0. The Morgan fingerprint density at radius 1 is 0.278 bits per heavy atom. The molecule has 0 aliphatic carbocycles. The summed E-state index contributed by atoms with van der Waals surface area (Å²) in [5.74, 6) is 0. The van der Waals surface area contributed by atoms with Crippen LogP contribution in [0.4, 0.5) is 0 Å². The van der Waals surface area contributed by atoms with Gasteiger partial charge in [-0.25, -0.2) is 4.70 Å². The molecule has 1 aliphatic heterocycles. The maximum absolute atomic E-state index is 11.5. The minimum absolute atomic E-state index is 0. The summed E-state index contributed by atoms with van der Waals surface area (Å²) in [5, 5.41) is 0. The normalized spacial score (nSPS) is 12.2. The molecule has 79 heavy (non-hydrogen) atoms. The van der Waals surface area contributed by atoms with Gasteiger partial charge in [0.05, 0.1) is 0 Å². The van der Waals surface area contributed by atoms with E-state index in [2.05, 4.69) is 104 Å². The molecule has 0 saturated carbocycles. The van der Waals surface area contributed by atoms with E-state index >= 15 is 0 Å². The van der Waals surface area contributed by atoms with E-state index in [0.717, 1.165) is 73.9 Å². The van der Waals surface area contributed by atoms with E-state index in [1.165, 1.54) is 309 Å². The molecule has 1 heterocycles. The zero-order chi connectivity index (χ0) is 56.6. The number of unbranched alkanes of at least 4 members (excludes halogenated alkanes) is 43. The van der Waals surface area contributed by atoms with E-state index in [-0.39, 0.29) is 20.4 Å². The van der Waals surface area contributed by atoms with Crippen LogP contribution in [-0.2, 0) is 33.3 Å². The first-order chi connectivity index (χ1) is 38.5. The van der Waals surface area contributed by atoms with Crippen molar-refractivity contribution < 1.29 is 25.1 Å². The van der Waals surface area contributed by atoms with Crippen molar-refractivity contribution >= 4 is 11.4 Å². The predicted molar refractivity (Wildman–Crippen MR) is 353 cm³/mol. The van der Waals surface area contributed by atoms with Gasteiger partial charge in [0, 0.05) is 22.3 Å². The molecule has 0 unspecified atom stereocenters. The second kappa shape index (κ2) is 59.3. The molecule has 1 aliphatic rings. The maximum Gasteiger partial charge on any atom is 2.00 e. The molecule has 2 nitrogen and oxygen atoms in total. The predicted octanol–water partition coefficient (Wildman–Crippen LogP) is 27.2. The molecule has 0 aromatic heterocycles. The number of nitrogens with zero attached hydrogens (tertiary/aromatic N) is 2. The molecule has 3 rings (SSSR count). The summed E-state index contributed by atoms with van der Waals surface area (Å²) in [5.41, 5.74) is 21.1. The minimum Gasteiger partial charge on any atom is -0.493 e. The summed E-state index contributed by atoms with van der Waals surface area (Å²) >= 11 is 0. The fraction of sp³-hybridized carbons (Fsp3) is 0.763. The van der Waals surface area contributed by atoms with Crippen LogP contribution in [0.3, 0.4) is 0 Å². The zero-order valence-corrected chi connectivity index (χ0v) is 55.6. The molecule has 3 heteroatoms. The summed E-state index contributed by atoms with van der Waals surface area (Å²) in [6.45, 7) is 21.3. The SMILES string of the molecule is CCCCCCc1ccc(C2=C(CC)C(CCCC)=C(c3ccc(CCCC)cc3)[N+]2=[N-])cc1.[CH2-]CCCCCCCCCCCCCCCCCCCCC.[CH2-]CCCCCCCCCCCCCCCCCCCCC.[Pd+2]. The van der Waals surface area contributed by atoms with Gasteiger partial charge in [-0.1, -0.05) is 342 Å². The Balaban J connectivity index is 0.00000120. The molecule has 0 N–H and O–H groups in total. The van der Waals surface area contributed by atoms with Crippen LogP contribution < -0.4 is 0 Å². The number of rotatable bonds is 52. The van der Waals surface area contributed by atoms with Gasteiger partial charge in [0.15, 0.2) is 0 Å². The first-order valence-corrected chi connectivity index (χ1v) is 35.2. The van der Waals surface area contributed by atoms with Crippen molar-refractivity contribution in [3.05, 3.63) is 101 Å². The second-order valence-corrected chi connectivity index (χ2v) is 24.2. The van der Waals surface area contributed by atoms with Crippen molar-refractivity contribution in [2.24, 2.45) is 0 Å². The second-order valence-electron chi connectivity index (χ2n) is 24.2. The van der Waals surface area contributed by atoms with Crippen LogP contribution in [0.5, 0.6) is 0 Å². The third-order valence-corrected chi connectivity index (χ3v) is 16.8. The van der Waals surface area contributed by atoms with Crippen LogP contribution in [0.2, 0.25) is 0 Å². The Morgan fingerprint density at radius 2 is 0.506 bits per heavy atom. The largest absolute Gasteiger partial charge is 2.00 e. The Bertz CT molecular complexity index is 1570. The van der Waals surface area contributed by atoms with Crippen LogP contribution in [0.1, 0.15) is 385 Å². The fourth-order valence-electron chi connectivity index (χ4n) is 11.6. The maximum atomic E-state index is 11.5. The number of hydrogen-bond donors (Lipinski definition) is 0. The summed E-state index contributed by atoms with van der Waals surface area (Å²) in [6.07, 6.45) is 71.7. The van der Waals surface area contributed by atoms with Gasteiger partial charge in [-0.15, -0.1) is 0 Å². The molecular weight excluding hydrogens is 1050 g/mol. The van der Waals surface area contributed by atoms with E-state index in [1.54, 1.807) is 0 Å². The Hall–Kier alpha value is -1.82. The van der Waals surface area contributed by atoms with Crippen LogP contribution in [0.25, 0.3) is 16.9 Å². The van der Waals surface area contributed by atoms with Gasteiger partial charge in [0.25, 0.3) is 0 Å². The first-order valence-electron chi connectivity index (χ1n) is 35.2. The smallest absolute Gasteiger partial charge is 0.493 e. The number of aryl methyl sites for hydroxylation is 2. The Kier molecular flexibility index (Phi) is 58.0. The van der Waals surface area contributed by atoms with Gasteiger partial charge in [-0.2, -0.15) is 12.8 Å². The van der Waals surface area contributed by atoms with Crippen molar-refractivity contribution in [1.29, 1.82) is 0 Å². The molecule has 0 radical (unpaired) electrons. The van der Waals surface area contributed by atoms with E-state index in [1.807, 2.05) is 0 Å². The fourth-order valence-corrected chi connectivity index (χ4v) is 11.6. The molecule has 0 amide bonds. The van der Waals surface area contributed by atoms with Gasteiger partial charge in [0.2, 0.25) is 11.4 Å². The average molecular weight is 1180 g/mol. The van der Waals surface area contributed by atoms with Gasteiger partial charge < -0.3 is 19.4 Å². The topological polar surface area (TPSA) is 25.3 Å². The van der Waals surface area contributed by atoms with Crippen molar-refractivity contribution in [3.63, 3.8) is 0 Å². The van der Waals surface area contributed by atoms with Gasteiger partial charge in [-0.05, 0) is 80.3 Å². The van der Waals surface area contributed by atoms with Crippen LogP contribution in [0.15, 0.2) is 59.7 Å². The molecule has 0 bridgehead atoms. The molecule has 2 aromatic rings. The zero-order valence-electron chi connectivity index (χ0n) is 54.0. The molecular formula is C76H134N2Pd. The monoisotopic (exact) mass is 1180 g/mol. The van der Waals surface area contributed by atoms with E-state index in [9.17, 15) is 5.53 Å². The molecule has 0 saturated heterocycles. The molecule has 0 spiro atoms. The number of allylic oxidation sites excluding steroid dienone is 2. The summed E-state index contributed by atoms with van der Waals surface area (Å²) < 4.78 is 1.49. The Morgan fingerprint density at radius 3 is 0.772 bits per heavy atom. The van der Waals surface area contributed by atoms with Gasteiger partial charge >= 0.3 is 20.4 Å². The number of benzene rings is 2. The molecule has 0 atom stereocenters. The quantitative estimate of drug-likeness (QED) is 0.0273. The Labute approximate surface area is 510 Å². The van der Waals surface area contributed by atoms with E-state index < -0.39 is 0 Å². The van der Waals surface area contributed by atoms with Crippen molar-refractivity contribution in [2.45, 2.75) is 375 Å². The molecule has 0 fully saturated rings.